The van der Waals surface area contributed by atoms with Crippen molar-refractivity contribution in [3.8, 4) is 85.0 Å². The summed E-state index contributed by atoms with van der Waals surface area (Å²) in [5, 5.41) is 9.55. The first-order valence-corrected chi connectivity index (χ1v) is 16.4. The molecule has 0 unspecified atom stereocenters. The van der Waals surface area contributed by atoms with Crippen LogP contribution in [0, 0.1) is 11.3 Å². The predicted molar refractivity (Wildman–Crippen MR) is 200 cm³/mol. The highest BCUT2D eigenvalue weighted by Crippen LogP contribution is 2.38. The number of rotatable bonds is 7. The highest BCUT2D eigenvalue weighted by Gasteiger charge is 2.20. The van der Waals surface area contributed by atoms with Gasteiger partial charge in [-0.3, -0.25) is 0 Å². The molecule has 5 heteroatoms. The summed E-state index contributed by atoms with van der Waals surface area (Å²) >= 11 is 0. The van der Waals surface area contributed by atoms with E-state index < -0.39 is 0 Å². The maximum absolute atomic E-state index is 9.55. The van der Waals surface area contributed by atoms with Crippen LogP contribution in [0.1, 0.15) is 5.56 Å². The minimum atomic E-state index is 0.580. The van der Waals surface area contributed by atoms with Gasteiger partial charge in [-0.2, -0.15) is 5.26 Å². The molecule has 0 amide bonds. The molecule has 0 radical (unpaired) electrons. The summed E-state index contributed by atoms with van der Waals surface area (Å²) in [6, 6.07) is 60.7. The molecule has 2 aromatic heterocycles. The molecule has 0 aliphatic heterocycles. The molecule has 0 atom stereocenters. The molecule has 0 saturated carbocycles. The maximum Gasteiger partial charge on any atom is 0.160 e. The van der Waals surface area contributed by atoms with Gasteiger partial charge in [-0.15, -0.1) is 0 Å². The first kappa shape index (κ1) is 30.3. The summed E-state index contributed by atoms with van der Waals surface area (Å²) < 4.78 is 0. The van der Waals surface area contributed by atoms with Gasteiger partial charge in [0.2, 0.25) is 0 Å². The van der Waals surface area contributed by atoms with Crippen LogP contribution in [-0.2, 0) is 0 Å². The Morgan fingerprint density at radius 2 is 0.700 bits per heavy atom. The van der Waals surface area contributed by atoms with Gasteiger partial charge in [0, 0.05) is 38.9 Å². The third kappa shape index (κ3) is 6.17. The van der Waals surface area contributed by atoms with Crippen LogP contribution in [0.5, 0.6) is 0 Å². The molecule has 6 aromatic carbocycles. The quantitative estimate of drug-likeness (QED) is 0.173. The Labute approximate surface area is 290 Å². The Hall–Kier alpha value is -7.03. The Balaban J connectivity index is 1.28. The van der Waals surface area contributed by atoms with E-state index in [4.69, 9.17) is 19.9 Å². The van der Waals surface area contributed by atoms with Crippen molar-refractivity contribution in [3.05, 3.63) is 181 Å². The van der Waals surface area contributed by atoms with E-state index in [-0.39, 0.29) is 0 Å². The lowest BCUT2D eigenvalue weighted by molar-refractivity contribution is 1.18. The molecule has 0 aliphatic carbocycles. The summed E-state index contributed by atoms with van der Waals surface area (Å²) in [5.41, 5.74) is 12.0. The summed E-state index contributed by atoms with van der Waals surface area (Å²) in [4.78, 5) is 20.7. The van der Waals surface area contributed by atoms with E-state index in [9.17, 15) is 5.26 Å². The van der Waals surface area contributed by atoms with E-state index in [1.165, 1.54) is 0 Å². The minimum absolute atomic E-state index is 0.580. The molecule has 5 nitrogen and oxygen atoms in total. The highest BCUT2D eigenvalue weighted by atomic mass is 14.9. The van der Waals surface area contributed by atoms with Gasteiger partial charge in [-0.1, -0.05) is 158 Å². The number of aromatic nitrogens is 4. The Bertz CT molecular complexity index is 2460. The average Bonchev–Trinajstić information content (AvgIpc) is 3.21. The SMILES string of the molecule is N#Cc1cccc(-c2cc(-c3ccccc3)nc(-c3ccc(-c4nc(-c5ccccc5)c(-c5ccccc5)nc4-c4ccccc4)cc3)n2)c1. The van der Waals surface area contributed by atoms with Crippen molar-refractivity contribution in [1.82, 2.24) is 19.9 Å². The Kier molecular flexibility index (Phi) is 8.25. The van der Waals surface area contributed by atoms with E-state index in [1.807, 2.05) is 121 Å². The van der Waals surface area contributed by atoms with Crippen molar-refractivity contribution in [2.75, 3.05) is 0 Å². The molecular weight excluding hydrogens is 611 g/mol. The van der Waals surface area contributed by atoms with Gasteiger partial charge in [0.05, 0.1) is 45.8 Å². The molecule has 8 rings (SSSR count). The van der Waals surface area contributed by atoms with Gasteiger partial charge >= 0.3 is 0 Å². The molecule has 234 valence electrons. The first-order chi connectivity index (χ1) is 24.7. The zero-order chi connectivity index (χ0) is 33.7. The second-order valence-electron chi connectivity index (χ2n) is 11.8. The average molecular weight is 640 g/mol. The van der Waals surface area contributed by atoms with Crippen molar-refractivity contribution < 1.29 is 0 Å². The van der Waals surface area contributed by atoms with Gasteiger partial charge in [-0.25, -0.2) is 19.9 Å². The molecule has 8 aromatic rings. The highest BCUT2D eigenvalue weighted by molar-refractivity contribution is 5.87. The van der Waals surface area contributed by atoms with Crippen LogP contribution in [0.15, 0.2) is 176 Å². The van der Waals surface area contributed by atoms with Crippen molar-refractivity contribution in [1.29, 1.82) is 5.26 Å². The van der Waals surface area contributed by atoms with Crippen molar-refractivity contribution >= 4 is 0 Å². The van der Waals surface area contributed by atoms with Crippen LogP contribution in [0.2, 0.25) is 0 Å². The van der Waals surface area contributed by atoms with Crippen LogP contribution in [0.3, 0.4) is 0 Å². The monoisotopic (exact) mass is 639 g/mol. The topological polar surface area (TPSA) is 75.3 Å². The Morgan fingerprint density at radius 1 is 0.320 bits per heavy atom. The fourth-order valence-electron chi connectivity index (χ4n) is 6.03. The lowest BCUT2D eigenvalue weighted by Crippen LogP contribution is -2.01. The number of nitriles is 1. The second kappa shape index (κ2) is 13.6. The molecule has 0 fully saturated rings. The first-order valence-electron chi connectivity index (χ1n) is 16.4. The predicted octanol–water partition coefficient (Wildman–Crippen LogP) is 10.8. The number of hydrogen-bond acceptors (Lipinski definition) is 5. The fraction of sp³-hybridized carbons (Fsp3) is 0. The second-order valence-corrected chi connectivity index (χ2v) is 11.8. The maximum atomic E-state index is 9.55. The molecular formula is C45H29N5. The lowest BCUT2D eigenvalue weighted by atomic mass is 9.98. The van der Waals surface area contributed by atoms with Crippen LogP contribution >= 0.6 is 0 Å². The number of benzene rings is 6. The van der Waals surface area contributed by atoms with Crippen LogP contribution < -0.4 is 0 Å². The van der Waals surface area contributed by atoms with Crippen LogP contribution in [-0.4, -0.2) is 19.9 Å². The third-order valence-corrected chi connectivity index (χ3v) is 8.54. The van der Waals surface area contributed by atoms with Crippen LogP contribution in [0.25, 0.3) is 78.9 Å². The summed E-state index contributed by atoms with van der Waals surface area (Å²) in [6.07, 6.45) is 0. The molecule has 0 saturated heterocycles. The number of nitrogens with zero attached hydrogens (tertiary/aromatic N) is 5. The normalized spacial score (nSPS) is 10.8. The molecule has 0 aliphatic rings. The van der Waals surface area contributed by atoms with Gasteiger partial charge < -0.3 is 0 Å². The molecule has 0 spiro atoms. The zero-order valence-corrected chi connectivity index (χ0v) is 27.0. The zero-order valence-electron chi connectivity index (χ0n) is 27.0. The van der Waals surface area contributed by atoms with Gasteiger partial charge in [0.15, 0.2) is 5.82 Å². The third-order valence-electron chi connectivity index (χ3n) is 8.54. The lowest BCUT2D eigenvalue weighted by Gasteiger charge is -2.16. The molecule has 2 heterocycles. The van der Waals surface area contributed by atoms with Gasteiger partial charge in [-0.05, 0) is 18.2 Å². The Morgan fingerprint density at radius 3 is 1.16 bits per heavy atom. The van der Waals surface area contributed by atoms with Gasteiger partial charge in [0.1, 0.15) is 0 Å². The van der Waals surface area contributed by atoms with Crippen molar-refractivity contribution in [3.63, 3.8) is 0 Å². The summed E-state index contributed by atoms with van der Waals surface area (Å²) in [5.74, 6) is 0.592. The van der Waals surface area contributed by atoms with E-state index in [1.54, 1.807) is 6.07 Å². The van der Waals surface area contributed by atoms with E-state index in [0.29, 0.717) is 11.4 Å². The number of hydrogen-bond donors (Lipinski definition) is 0. The molecule has 0 bridgehead atoms. The van der Waals surface area contributed by atoms with Gasteiger partial charge in [0.25, 0.3) is 0 Å². The summed E-state index contributed by atoms with van der Waals surface area (Å²) in [7, 11) is 0. The summed E-state index contributed by atoms with van der Waals surface area (Å²) in [6.45, 7) is 0. The van der Waals surface area contributed by atoms with E-state index >= 15 is 0 Å². The minimum Gasteiger partial charge on any atom is -0.243 e. The van der Waals surface area contributed by atoms with Crippen molar-refractivity contribution in [2.45, 2.75) is 0 Å². The molecule has 0 N–H and O–H groups in total. The standard InChI is InChI=1S/C45H29N5/c46-30-31-14-13-23-38(28-31)40-29-39(32-15-5-1-6-16-32)47-45(48-40)37-26-24-36(25-27-37)44-43(35-21-11-4-12-22-35)49-41(33-17-7-2-8-18-33)42(50-44)34-19-9-3-10-20-34/h1-29H. The van der Waals surface area contributed by atoms with Crippen molar-refractivity contribution in [2.24, 2.45) is 0 Å². The smallest absolute Gasteiger partial charge is 0.160 e. The van der Waals surface area contributed by atoms with E-state index in [2.05, 4.69) is 54.6 Å². The van der Waals surface area contributed by atoms with Crippen LogP contribution in [0.4, 0.5) is 0 Å². The largest absolute Gasteiger partial charge is 0.243 e. The van der Waals surface area contributed by atoms with E-state index in [0.717, 1.165) is 73.1 Å². The fourth-order valence-corrected chi connectivity index (χ4v) is 6.03. The molecule has 50 heavy (non-hydrogen) atoms.